The SMILES string of the molecule is Cc1ccc(C(C)NCc2cccc(Br)c2)o1. The van der Waals surface area contributed by atoms with E-state index in [0.717, 1.165) is 22.5 Å². The molecule has 1 aromatic carbocycles. The second-order valence-electron chi connectivity index (χ2n) is 4.18. The average Bonchev–Trinajstić information content (AvgIpc) is 2.73. The lowest BCUT2D eigenvalue weighted by atomic mass is 10.2. The molecule has 1 unspecified atom stereocenters. The van der Waals surface area contributed by atoms with Crippen LogP contribution in [0.1, 0.15) is 30.0 Å². The minimum atomic E-state index is 0.225. The fraction of sp³-hybridized carbons (Fsp3) is 0.286. The van der Waals surface area contributed by atoms with Crippen molar-refractivity contribution in [3.8, 4) is 0 Å². The molecule has 90 valence electrons. The zero-order valence-corrected chi connectivity index (χ0v) is 11.6. The van der Waals surface area contributed by atoms with Gasteiger partial charge in [-0.25, -0.2) is 0 Å². The van der Waals surface area contributed by atoms with E-state index in [1.807, 2.05) is 31.2 Å². The highest BCUT2D eigenvalue weighted by molar-refractivity contribution is 9.10. The van der Waals surface area contributed by atoms with Crippen molar-refractivity contribution in [1.29, 1.82) is 0 Å². The largest absolute Gasteiger partial charge is 0.465 e. The van der Waals surface area contributed by atoms with Gasteiger partial charge in [0, 0.05) is 11.0 Å². The molecule has 0 spiro atoms. The van der Waals surface area contributed by atoms with E-state index < -0.39 is 0 Å². The van der Waals surface area contributed by atoms with Gasteiger partial charge in [-0.2, -0.15) is 0 Å². The van der Waals surface area contributed by atoms with Crippen molar-refractivity contribution in [3.05, 3.63) is 58.0 Å². The summed E-state index contributed by atoms with van der Waals surface area (Å²) < 4.78 is 6.70. The number of halogens is 1. The van der Waals surface area contributed by atoms with E-state index in [9.17, 15) is 0 Å². The monoisotopic (exact) mass is 293 g/mol. The highest BCUT2D eigenvalue weighted by atomic mass is 79.9. The topological polar surface area (TPSA) is 25.2 Å². The van der Waals surface area contributed by atoms with Crippen molar-refractivity contribution < 1.29 is 4.42 Å². The standard InChI is InChI=1S/C14H16BrNO/c1-10-6-7-14(17-10)11(2)16-9-12-4-3-5-13(15)8-12/h3-8,11,16H,9H2,1-2H3. The van der Waals surface area contributed by atoms with Gasteiger partial charge in [-0.3, -0.25) is 0 Å². The van der Waals surface area contributed by atoms with Crippen LogP contribution in [0.15, 0.2) is 45.3 Å². The highest BCUT2D eigenvalue weighted by Crippen LogP contribution is 2.17. The quantitative estimate of drug-likeness (QED) is 0.914. The Morgan fingerprint density at radius 1 is 1.29 bits per heavy atom. The first-order valence-electron chi connectivity index (χ1n) is 5.69. The van der Waals surface area contributed by atoms with Gasteiger partial charge < -0.3 is 9.73 Å². The van der Waals surface area contributed by atoms with E-state index in [-0.39, 0.29) is 6.04 Å². The van der Waals surface area contributed by atoms with Crippen molar-refractivity contribution in [3.63, 3.8) is 0 Å². The van der Waals surface area contributed by atoms with Crippen molar-refractivity contribution in [1.82, 2.24) is 5.32 Å². The maximum atomic E-state index is 5.59. The van der Waals surface area contributed by atoms with Gasteiger partial charge >= 0.3 is 0 Å². The van der Waals surface area contributed by atoms with E-state index in [1.165, 1.54) is 5.56 Å². The van der Waals surface area contributed by atoms with Gasteiger partial charge in [0.05, 0.1) is 6.04 Å². The van der Waals surface area contributed by atoms with Crippen LogP contribution in [0.25, 0.3) is 0 Å². The van der Waals surface area contributed by atoms with Gasteiger partial charge in [0.15, 0.2) is 0 Å². The summed E-state index contributed by atoms with van der Waals surface area (Å²) in [6.45, 7) is 4.90. The van der Waals surface area contributed by atoms with Crippen LogP contribution in [-0.2, 0) is 6.54 Å². The molecule has 1 aromatic heterocycles. The maximum Gasteiger partial charge on any atom is 0.120 e. The van der Waals surface area contributed by atoms with Crippen LogP contribution in [0.4, 0.5) is 0 Å². The molecule has 2 aromatic rings. The Labute approximate surface area is 110 Å². The minimum absolute atomic E-state index is 0.225. The molecular formula is C14H16BrNO. The van der Waals surface area contributed by atoms with Gasteiger partial charge in [0.25, 0.3) is 0 Å². The molecule has 0 radical (unpaired) electrons. The Bertz CT molecular complexity index is 492. The van der Waals surface area contributed by atoms with E-state index in [4.69, 9.17) is 4.42 Å². The molecule has 1 atom stereocenters. The number of nitrogens with one attached hydrogen (secondary N) is 1. The summed E-state index contributed by atoms with van der Waals surface area (Å²) in [5.74, 6) is 1.94. The summed E-state index contributed by atoms with van der Waals surface area (Å²) in [4.78, 5) is 0. The second kappa shape index (κ2) is 5.52. The lowest BCUT2D eigenvalue weighted by molar-refractivity contribution is 0.416. The normalized spacial score (nSPS) is 12.6. The summed E-state index contributed by atoms with van der Waals surface area (Å²) in [7, 11) is 0. The molecule has 0 amide bonds. The Hall–Kier alpha value is -1.06. The summed E-state index contributed by atoms with van der Waals surface area (Å²) in [6, 6.07) is 12.5. The number of furan rings is 1. The molecule has 0 fully saturated rings. The molecule has 0 aliphatic carbocycles. The fourth-order valence-electron chi connectivity index (χ4n) is 1.70. The molecule has 1 heterocycles. The molecule has 1 N–H and O–H groups in total. The average molecular weight is 294 g/mol. The van der Waals surface area contributed by atoms with Gasteiger partial charge in [0.1, 0.15) is 11.5 Å². The third-order valence-corrected chi connectivity index (χ3v) is 3.18. The first kappa shape index (κ1) is 12.4. The molecule has 0 saturated heterocycles. The number of aryl methyl sites for hydroxylation is 1. The third-order valence-electron chi connectivity index (χ3n) is 2.69. The van der Waals surface area contributed by atoms with Crippen molar-refractivity contribution in [2.24, 2.45) is 0 Å². The van der Waals surface area contributed by atoms with Crippen molar-refractivity contribution in [2.45, 2.75) is 26.4 Å². The fourth-order valence-corrected chi connectivity index (χ4v) is 2.15. The zero-order chi connectivity index (χ0) is 12.3. The first-order valence-corrected chi connectivity index (χ1v) is 6.48. The summed E-state index contributed by atoms with van der Waals surface area (Å²) in [6.07, 6.45) is 0. The molecule has 0 saturated carbocycles. The highest BCUT2D eigenvalue weighted by Gasteiger charge is 2.08. The van der Waals surface area contributed by atoms with Crippen LogP contribution < -0.4 is 5.32 Å². The van der Waals surface area contributed by atoms with Crippen LogP contribution in [0.3, 0.4) is 0 Å². The Kier molecular flexibility index (Phi) is 4.02. The third kappa shape index (κ3) is 3.45. The summed E-state index contributed by atoms with van der Waals surface area (Å²) in [5, 5.41) is 3.44. The molecule has 17 heavy (non-hydrogen) atoms. The predicted octanol–water partition coefficient (Wildman–Crippen LogP) is 4.20. The van der Waals surface area contributed by atoms with E-state index in [2.05, 4.69) is 40.3 Å². The van der Waals surface area contributed by atoms with Crippen LogP contribution in [0.2, 0.25) is 0 Å². The van der Waals surface area contributed by atoms with Crippen LogP contribution >= 0.6 is 15.9 Å². The molecule has 0 bridgehead atoms. The molecular weight excluding hydrogens is 278 g/mol. The minimum Gasteiger partial charge on any atom is -0.465 e. The summed E-state index contributed by atoms with van der Waals surface area (Å²) in [5.41, 5.74) is 1.26. The van der Waals surface area contributed by atoms with Crippen LogP contribution in [-0.4, -0.2) is 0 Å². The molecule has 2 rings (SSSR count). The predicted molar refractivity (Wildman–Crippen MR) is 72.8 cm³/mol. The van der Waals surface area contributed by atoms with E-state index >= 15 is 0 Å². The first-order chi connectivity index (χ1) is 8.15. The molecule has 0 aliphatic rings. The van der Waals surface area contributed by atoms with Gasteiger partial charge in [-0.1, -0.05) is 28.1 Å². The lowest BCUT2D eigenvalue weighted by Crippen LogP contribution is -2.17. The maximum absolute atomic E-state index is 5.59. The second-order valence-corrected chi connectivity index (χ2v) is 5.10. The lowest BCUT2D eigenvalue weighted by Gasteiger charge is -2.11. The van der Waals surface area contributed by atoms with Crippen molar-refractivity contribution in [2.75, 3.05) is 0 Å². The van der Waals surface area contributed by atoms with Gasteiger partial charge in [-0.05, 0) is 43.7 Å². The Morgan fingerprint density at radius 3 is 2.76 bits per heavy atom. The van der Waals surface area contributed by atoms with E-state index in [1.54, 1.807) is 0 Å². The van der Waals surface area contributed by atoms with Crippen LogP contribution in [0, 0.1) is 6.92 Å². The number of rotatable bonds is 4. The molecule has 3 heteroatoms. The van der Waals surface area contributed by atoms with Gasteiger partial charge in [-0.15, -0.1) is 0 Å². The Morgan fingerprint density at radius 2 is 2.12 bits per heavy atom. The van der Waals surface area contributed by atoms with Gasteiger partial charge in [0.2, 0.25) is 0 Å². The number of hydrogen-bond donors (Lipinski definition) is 1. The van der Waals surface area contributed by atoms with E-state index in [0.29, 0.717) is 0 Å². The van der Waals surface area contributed by atoms with Crippen molar-refractivity contribution >= 4 is 15.9 Å². The summed E-state index contributed by atoms with van der Waals surface area (Å²) >= 11 is 3.47. The smallest absolute Gasteiger partial charge is 0.120 e. The Balaban J connectivity index is 1.94. The zero-order valence-electron chi connectivity index (χ0n) is 10.0. The van der Waals surface area contributed by atoms with Crippen LogP contribution in [0.5, 0.6) is 0 Å². The number of hydrogen-bond acceptors (Lipinski definition) is 2. The molecule has 0 aliphatic heterocycles. The molecule has 2 nitrogen and oxygen atoms in total. The number of benzene rings is 1.